The van der Waals surface area contributed by atoms with Gasteiger partial charge in [-0.15, -0.1) is 6.58 Å². The number of hydrogen-bond donors (Lipinski definition) is 1. The number of amides is 1. The van der Waals surface area contributed by atoms with Crippen molar-refractivity contribution in [2.24, 2.45) is 0 Å². The molecule has 1 aliphatic heterocycles. The Balaban J connectivity index is 1.90. The lowest BCUT2D eigenvalue weighted by Crippen LogP contribution is -2.20. The highest BCUT2D eigenvalue weighted by atomic mass is 16.7. The molecule has 0 saturated carbocycles. The first-order valence-electron chi connectivity index (χ1n) is 5.93. The SMILES string of the molecule is C=CCNC(=O)/C=C/C=C/c1ccc2c(c1)OCO2. The summed E-state index contributed by atoms with van der Waals surface area (Å²) in [4.78, 5) is 11.3. The van der Waals surface area contributed by atoms with Gasteiger partial charge in [-0.25, -0.2) is 0 Å². The summed E-state index contributed by atoms with van der Waals surface area (Å²) in [5, 5.41) is 2.65. The quantitative estimate of drug-likeness (QED) is 0.500. The molecule has 4 nitrogen and oxygen atoms in total. The number of hydrogen-bond acceptors (Lipinski definition) is 3. The average molecular weight is 257 g/mol. The molecule has 1 aromatic carbocycles. The Bertz CT molecular complexity index is 532. The van der Waals surface area contributed by atoms with Crippen molar-refractivity contribution in [2.45, 2.75) is 0 Å². The van der Waals surface area contributed by atoms with Crippen molar-refractivity contribution in [3.63, 3.8) is 0 Å². The summed E-state index contributed by atoms with van der Waals surface area (Å²) < 4.78 is 10.5. The molecule has 0 spiro atoms. The molecule has 19 heavy (non-hydrogen) atoms. The standard InChI is InChI=1S/C15H15NO3/c1-2-9-16-15(17)6-4-3-5-12-7-8-13-14(10-12)19-11-18-13/h2-8,10H,1,9,11H2,(H,16,17)/b5-3+,6-4+. The van der Waals surface area contributed by atoms with E-state index in [0.29, 0.717) is 6.54 Å². The van der Waals surface area contributed by atoms with Gasteiger partial charge in [0.2, 0.25) is 12.7 Å². The van der Waals surface area contributed by atoms with Crippen molar-refractivity contribution < 1.29 is 14.3 Å². The van der Waals surface area contributed by atoms with Gasteiger partial charge in [0.1, 0.15) is 0 Å². The maximum Gasteiger partial charge on any atom is 0.244 e. The smallest absolute Gasteiger partial charge is 0.244 e. The Kier molecular flexibility index (Phi) is 4.39. The van der Waals surface area contributed by atoms with Crippen LogP contribution < -0.4 is 14.8 Å². The number of nitrogens with one attached hydrogen (secondary N) is 1. The van der Waals surface area contributed by atoms with Crippen LogP contribution in [0.2, 0.25) is 0 Å². The minimum Gasteiger partial charge on any atom is -0.454 e. The van der Waals surface area contributed by atoms with E-state index in [0.717, 1.165) is 17.1 Å². The third-order valence-electron chi connectivity index (χ3n) is 2.46. The number of benzene rings is 1. The molecule has 1 heterocycles. The normalized spacial score (nSPS) is 13.1. The highest BCUT2D eigenvalue weighted by Crippen LogP contribution is 2.32. The summed E-state index contributed by atoms with van der Waals surface area (Å²) in [7, 11) is 0. The number of allylic oxidation sites excluding steroid dienone is 2. The van der Waals surface area contributed by atoms with Crippen molar-refractivity contribution >= 4 is 12.0 Å². The first-order valence-corrected chi connectivity index (χ1v) is 5.93. The monoisotopic (exact) mass is 257 g/mol. The third-order valence-corrected chi connectivity index (χ3v) is 2.46. The van der Waals surface area contributed by atoms with Gasteiger partial charge >= 0.3 is 0 Å². The number of carbonyl (C=O) groups excluding carboxylic acids is 1. The lowest BCUT2D eigenvalue weighted by Gasteiger charge is -1.97. The molecule has 0 unspecified atom stereocenters. The van der Waals surface area contributed by atoms with Gasteiger partial charge in [-0.2, -0.15) is 0 Å². The van der Waals surface area contributed by atoms with Crippen molar-refractivity contribution in [1.82, 2.24) is 5.32 Å². The zero-order valence-corrected chi connectivity index (χ0v) is 10.5. The number of ether oxygens (including phenoxy) is 2. The van der Waals surface area contributed by atoms with Crippen LogP contribution in [-0.4, -0.2) is 19.2 Å². The molecule has 98 valence electrons. The van der Waals surface area contributed by atoms with Gasteiger partial charge < -0.3 is 14.8 Å². The lowest BCUT2D eigenvalue weighted by atomic mass is 10.2. The molecule has 2 rings (SSSR count). The topological polar surface area (TPSA) is 47.6 Å². The molecule has 0 fully saturated rings. The van der Waals surface area contributed by atoms with Crippen LogP contribution in [-0.2, 0) is 4.79 Å². The van der Waals surface area contributed by atoms with Gasteiger partial charge in [0.05, 0.1) is 0 Å². The molecular weight excluding hydrogens is 242 g/mol. The Morgan fingerprint density at radius 3 is 3.00 bits per heavy atom. The van der Waals surface area contributed by atoms with Crippen LogP contribution in [0.3, 0.4) is 0 Å². The second-order valence-electron chi connectivity index (χ2n) is 3.86. The zero-order valence-electron chi connectivity index (χ0n) is 10.5. The van der Waals surface area contributed by atoms with E-state index >= 15 is 0 Å². The van der Waals surface area contributed by atoms with Crippen LogP contribution >= 0.6 is 0 Å². The highest BCUT2D eigenvalue weighted by molar-refractivity contribution is 5.88. The molecule has 1 amide bonds. The highest BCUT2D eigenvalue weighted by Gasteiger charge is 2.11. The van der Waals surface area contributed by atoms with E-state index < -0.39 is 0 Å². The van der Waals surface area contributed by atoms with Gasteiger partial charge in [-0.3, -0.25) is 4.79 Å². The van der Waals surface area contributed by atoms with E-state index in [4.69, 9.17) is 9.47 Å². The van der Waals surface area contributed by atoms with Gasteiger partial charge in [-0.1, -0.05) is 30.4 Å². The molecule has 1 aliphatic rings. The summed E-state index contributed by atoms with van der Waals surface area (Å²) in [6.07, 6.45) is 8.47. The summed E-state index contributed by atoms with van der Waals surface area (Å²) in [6.45, 7) is 4.26. The van der Waals surface area contributed by atoms with Gasteiger partial charge in [-0.05, 0) is 17.7 Å². The van der Waals surface area contributed by atoms with Crippen LogP contribution in [0.15, 0.2) is 49.1 Å². The van der Waals surface area contributed by atoms with Gasteiger partial charge in [0.25, 0.3) is 0 Å². The molecule has 1 aromatic rings. The fourth-order valence-electron chi connectivity index (χ4n) is 1.56. The summed E-state index contributed by atoms with van der Waals surface area (Å²) in [5.41, 5.74) is 0.986. The number of carbonyl (C=O) groups is 1. The second-order valence-corrected chi connectivity index (χ2v) is 3.86. The van der Waals surface area contributed by atoms with E-state index in [1.807, 2.05) is 24.3 Å². The predicted octanol–water partition coefficient (Wildman–Crippen LogP) is 2.29. The average Bonchev–Trinajstić information content (AvgIpc) is 2.88. The van der Waals surface area contributed by atoms with Gasteiger partial charge in [0, 0.05) is 12.6 Å². The van der Waals surface area contributed by atoms with Crippen LogP contribution in [0.4, 0.5) is 0 Å². The fourth-order valence-corrected chi connectivity index (χ4v) is 1.56. The largest absolute Gasteiger partial charge is 0.454 e. The lowest BCUT2D eigenvalue weighted by molar-refractivity contribution is -0.116. The number of rotatable bonds is 5. The van der Waals surface area contributed by atoms with Crippen molar-refractivity contribution in [2.75, 3.05) is 13.3 Å². The van der Waals surface area contributed by atoms with Gasteiger partial charge in [0.15, 0.2) is 11.5 Å². The van der Waals surface area contributed by atoms with Crippen LogP contribution in [0, 0.1) is 0 Å². The maximum atomic E-state index is 11.3. The molecule has 0 radical (unpaired) electrons. The second kappa shape index (κ2) is 6.44. The number of fused-ring (bicyclic) bond motifs is 1. The van der Waals surface area contributed by atoms with E-state index in [9.17, 15) is 4.79 Å². The Morgan fingerprint density at radius 1 is 1.32 bits per heavy atom. The van der Waals surface area contributed by atoms with Crippen LogP contribution in [0.25, 0.3) is 6.08 Å². The molecule has 1 N–H and O–H groups in total. The Labute approximate surface area is 112 Å². The molecule has 0 atom stereocenters. The zero-order chi connectivity index (χ0) is 13.5. The van der Waals surface area contributed by atoms with E-state index in [2.05, 4.69) is 11.9 Å². The minimum absolute atomic E-state index is 0.143. The predicted molar refractivity (Wildman–Crippen MR) is 73.9 cm³/mol. The van der Waals surface area contributed by atoms with Crippen molar-refractivity contribution in [3.8, 4) is 11.5 Å². The van der Waals surface area contributed by atoms with Crippen molar-refractivity contribution in [3.05, 3.63) is 54.6 Å². The van der Waals surface area contributed by atoms with Crippen LogP contribution in [0.1, 0.15) is 5.56 Å². The van der Waals surface area contributed by atoms with E-state index in [1.54, 1.807) is 18.2 Å². The first kappa shape index (κ1) is 13.0. The van der Waals surface area contributed by atoms with E-state index in [1.165, 1.54) is 6.08 Å². The molecule has 0 aliphatic carbocycles. The Morgan fingerprint density at radius 2 is 2.16 bits per heavy atom. The van der Waals surface area contributed by atoms with Crippen LogP contribution in [0.5, 0.6) is 11.5 Å². The summed E-state index contributed by atoms with van der Waals surface area (Å²) in [6, 6.07) is 5.68. The summed E-state index contributed by atoms with van der Waals surface area (Å²) in [5.74, 6) is 1.36. The van der Waals surface area contributed by atoms with Crippen molar-refractivity contribution in [1.29, 1.82) is 0 Å². The fraction of sp³-hybridized carbons (Fsp3) is 0.133. The maximum absolute atomic E-state index is 11.3. The minimum atomic E-state index is -0.143. The molecule has 0 aromatic heterocycles. The first-order chi connectivity index (χ1) is 9.29. The molecule has 0 saturated heterocycles. The molecule has 0 bridgehead atoms. The molecular formula is C15H15NO3. The third kappa shape index (κ3) is 3.74. The van der Waals surface area contributed by atoms with E-state index in [-0.39, 0.29) is 12.7 Å². The Hall–Kier alpha value is -2.49. The summed E-state index contributed by atoms with van der Waals surface area (Å²) >= 11 is 0. The molecule has 4 heteroatoms.